The fourth-order valence-electron chi connectivity index (χ4n) is 1.93. The Hall–Kier alpha value is -2.23. The molecule has 0 spiro atoms. The molecule has 0 saturated heterocycles. The van der Waals surface area contributed by atoms with E-state index >= 15 is 0 Å². The van der Waals surface area contributed by atoms with Crippen molar-refractivity contribution in [1.29, 1.82) is 0 Å². The van der Waals surface area contributed by atoms with Gasteiger partial charge in [0.25, 0.3) is 0 Å². The maximum Gasteiger partial charge on any atom is 0.322 e. The van der Waals surface area contributed by atoms with Crippen molar-refractivity contribution in [2.24, 2.45) is 0 Å². The average molecular weight is 272 g/mol. The van der Waals surface area contributed by atoms with Crippen molar-refractivity contribution >= 4 is 5.57 Å². The van der Waals surface area contributed by atoms with Crippen LogP contribution in [0.1, 0.15) is 31.5 Å². The summed E-state index contributed by atoms with van der Waals surface area (Å²) in [6, 6.07) is 6.83. The van der Waals surface area contributed by atoms with E-state index in [1.807, 2.05) is 32.9 Å². The molecule has 0 aliphatic carbocycles. The number of benzene rings is 1. The van der Waals surface area contributed by atoms with Crippen LogP contribution in [-0.4, -0.2) is 9.97 Å². The van der Waals surface area contributed by atoms with E-state index in [1.54, 1.807) is 18.3 Å². The topological polar surface area (TPSA) is 35.0 Å². The minimum absolute atomic E-state index is 0.130. The standard InChI is InChI=1S/C16H17FN2O/c1-4-12(5-2)13-6-7-15(14(17)10-13)20-16-18-9-8-11(3)19-16/h4,6-10H,5H2,1-3H3/b12-4-. The number of hydrogen-bond donors (Lipinski definition) is 0. The minimum atomic E-state index is -0.416. The summed E-state index contributed by atoms with van der Waals surface area (Å²) in [6.45, 7) is 5.81. The van der Waals surface area contributed by atoms with Crippen molar-refractivity contribution in [3.05, 3.63) is 53.6 Å². The van der Waals surface area contributed by atoms with Crippen molar-refractivity contribution in [3.8, 4) is 11.8 Å². The Balaban J connectivity index is 2.26. The molecule has 2 aromatic rings. The van der Waals surface area contributed by atoms with Crippen molar-refractivity contribution < 1.29 is 9.13 Å². The summed E-state index contributed by atoms with van der Waals surface area (Å²) in [5, 5.41) is 0. The van der Waals surface area contributed by atoms with Gasteiger partial charge in [-0.25, -0.2) is 14.4 Å². The number of allylic oxidation sites excluding steroid dienone is 2. The molecule has 0 aliphatic heterocycles. The first-order valence-corrected chi connectivity index (χ1v) is 6.56. The molecule has 0 aliphatic rings. The lowest BCUT2D eigenvalue weighted by atomic mass is 10.0. The molecule has 4 heteroatoms. The molecule has 0 atom stereocenters. The lowest BCUT2D eigenvalue weighted by molar-refractivity contribution is 0.410. The molecule has 0 fully saturated rings. The first kappa shape index (κ1) is 14.2. The average Bonchev–Trinajstić information content (AvgIpc) is 2.43. The van der Waals surface area contributed by atoms with Crippen LogP contribution < -0.4 is 4.74 Å². The molecule has 2 rings (SSSR count). The van der Waals surface area contributed by atoms with Crippen molar-refractivity contribution in [3.63, 3.8) is 0 Å². The smallest absolute Gasteiger partial charge is 0.322 e. The summed E-state index contributed by atoms with van der Waals surface area (Å²) in [4.78, 5) is 8.04. The van der Waals surface area contributed by atoms with Gasteiger partial charge >= 0.3 is 6.01 Å². The van der Waals surface area contributed by atoms with Crippen LogP contribution in [0.5, 0.6) is 11.8 Å². The van der Waals surface area contributed by atoms with Gasteiger partial charge < -0.3 is 4.74 Å². The Labute approximate surface area is 118 Å². The zero-order chi connectivity index (χ0) is 14.5. The molecule has 0 radical (unpaired) electrons. The highest BCUT2D eigenvalue weighted by Gasteiger charge is 2.09. The van der Waals surface area contributed by atoms with Gasteiger partial charge in [-0.05, 0) is 49.6 Å². The zero-order valence-electron chi connectivity index (χ0n) is 11.9. The minimum Gasteiger partial charge on any atom is -0.421 e. The van der Waals surface area contributed by atoms with Crippen LogP contribution in [0.3, 0.4) is 0 Å². The SMILES string of the molecule is C/C=C(/CC)c1ccc(Oc2nccc(C)n2)c(F)c1. The third-order valence-electron chi connectivity index (χ3n) is 3.01. The van der Waals surface area contributed by atoms with Gasteiger partial charge in [0.05, 0.1) is 0 Å². The predicted octanol–water partition coefficient (Wildman–Crippen LogP) is 4.53. The molecule has 0 unspecified atom stereocenters. The molecule has 3 nitrogen and oxygen atoms in total. The van der Waals surface area contributed by atoms with E-state index < -0.39 is 5.82 Å². The molecule has 0 amide bonds. The normalized spacial score (nSPS) is 11.5. The Kier molecular flexibility index (Phi) is 4.45. The molecule has 0 bridgehead atoms. The molecular formula is C16H17FN2O. The van der Waals surface area contributed by atoms with Crippen molar-refractivity contribution in [2.45, 2.75) is 27.2 Å². The van der Waals surface area contributed by atoms with Gasteiger partial charge in [-0.2, -0.15) is 0 Å². The number of aryl methyl sites for hydroxylation is 1. The molecule has 1 heterocycles. The summed E-state index contributed by atoms with van der Waals surface area (Å²) < 4.78 is 19.4. The van der Waals surface area contributed by atoms with E-state index in [-0.39, 0.29) is 11.8 Å². The summed E-state index contributed by atoms with van der Waals surface area (Å²) >= 11 is 0. The number of ether oxygens (including phenoxy) is 1. The Morgan fingerprint density at radius 2 is 2.15 bits per heavy atom. The highest BCUT2D eigenvalue weighted by atomic mass is 19.1. The quantitative estimate of drug-likeness (QED) is 0.820. The van der Waals surface area contributed by atoms with Crippen LogP contribution in [0.25, 0.3) is 5.57 Å². The molecule has 20 heavy (non-hydrogen) atoms. The molecule has 1 aromatic heterocycles. The highest BCUT2D eigenvalue weighted by molar-refractivity contribution is 5.65. The first-order chi connectivity index (χ1) is 9.63. The number of halogens is 1. The van der Waals surface area contributed by atoms with Crippen LogP contribution in [0.2, 0.25) is 0 Å². The number of hydrogen-bond acceptors (Lipinski definition) is 3. The van der Waals surface area contributed by atoms with Crippen LogP contribution >= 0.6 is 0 Å². The Morgan fingerprint density at radius 1 is 1.35 bits per heavy atom. The predicted molar refractivity (Wildman–Crippen MR) is 77.2 cm³/mol. The largest absolute Gasteiger partial charge is 0.421 e. The third-order valence-corrected chi connectivity index (χ3v) is 3.01. The van der Waals surface area contributed by atoms with E-state index in [0.29, 0.717) is 0 Å². The van der Waals surface area contributed by atoms with E-state index in [4.69, 9.17) is 4.74 Å². The van der Waals surface area contributed by atoms with Crippen LogP contribution in [0.15, 0.2) is 36.5 Å². The van der Waals surface area contributed by atoms with Crippen LogP contribution in [0, 0.1) is 12.7 Å². The van der Waals surface area contributed by atoms with Crippen molar-refractivity contribution in [1.82, 2.24) is 9.97 Å². The maximum absolute atomic E-state index is 14.1. The van der Waals surface area contributed by atoms with Gasteiger partial charge in [0.15, 0.2) is 11.6 Å². The van der Waals surface area contributed by atoms with E-state index in [0.717, 1.165) is 23.3 Å². The first-order valence-electron chi connectivity index (χ1n) is 6.56. The Bertz CT molecular complexity index is 638. The molecule has 1 aromatic carbocycles. The van der Waals surface area contributed by atoms with Crippen LogP contribution in [-0.2, 0) is 0 Å². The monoisotopic (exact) mass is 272 g/mol. The number of rotatable bonds is 4. The van der Waals surface area contributed by atoms with Crippen LogP contribution in [0.4, 0.5) is 4.39 Å². The highest BCUT2D eigenvalue weighted by Crippen LogP contribution is 2.26. The second-order valence-corrected chi connectivity index (χ2v) is 4.40. The Morgan fingerprint density at radius 3 is 2.75 bits per heavy atom. The summed E-state index contributed by atoms with van der Waals surface area (Å²) in [6.07, 6.45) is 4.43. The van der Waals surface area contributed by atoms with Gasteiger partial charge in [-0.3, -0.25) is 0 Å². The van der Waals surface area contributed by atoms with E-state index in [2.05, 4.69) is 9.97 Å². The third kappa shape index (κ3) is 3.20. The van der Waals surface area contributed by atoms with E-state index in [1.165, 1.54) is 6.07 Å². The van der Waals surface area contributed by atoms with Crippen molar-refractivity contribution in [2.75, 3.05) is 0 Å². The second kappa shape index (κ2) is 6.28. The van der Waals surface area contributed by atoms with Gasteiger partial charge in [0.2, 0.25) is 0 Å². The van der Waals surface area contributed by atoms with Gasteiger partial charge in [0, 0.05) is 11.9 Å². The lowest BCUT2D eigenvalue weighted by Gasteiger charge is -2.08. The second-order valence-electron chi connectivity index (χ2n) is 4.40. The lowest BCUT2D eigenvalue weighted by Crippen LogP contribution is -1.95. The number of aromatic nitrogens is 2. The fourth-order valence-corrected chi connectivity index (χ4v) is 1.93. The molecule has 0 saturated carbocycles. The fraction of sp³-hybridized carbons (Fsp3) is 0.250. The summed E-state index contributed by atoms with van der Waals surface area (Å²) in [5.41, 5.74) is 2.74. The summed E-state index contributed by atoms with van der Waals surface area (Å²) in [7, 11) is 0. The van der Waals surface area contributed by atoms with Gasteiger partial charge in [-0.1, -0.05) is 19.1 Å². The molecule has 104 valence electrons. The van der Waals surface area contributed by atoms with E-state index in [9.17, 15) is 4.39 Å². The zero-order valence-corrected chi connectivity index (χ0v) is 11.9. The molecule has 0 N–H and O–H groups in total. The molecular weight excluding hydrogens is 255 g/mol. The van der Waals surface area contributed by atoms with Gasteiger partial charge in [0.1, 0.15) is 0 Å². The number of nitrogens with zero attached hydrogens (tertiary/aromatic N) is 2. The summed E-state index contributed by atoms with van der Waals surface area (Å²) in [5.74, 6) is -0.286. The maximum atomic E-state index is 14.1. The van der Waals surface area contributed by atoms with Gasteiger partial charge in [-0.15, -0.1) is 0 Å².